The van der Waals surface area contributed by atoms with Gasteiger partial charge in [0.05, 0.1) is 6.26 Å². The van der Waals surface area contributed by atoms with E-state index in [2.05, 4.69) is 5.32 Å². The van der Waals surface area contributed by atoms with Crippen LogP contribution in [-0.4, -0.2) is 18.5 Å². The molecule has 1 aliphatic carbocycles. The van der Waals surface area contributed by atoms with E-state index in [1.807, 2.05) is 0 Å². The minimum absolute atomic E-state index is 0.129. The van der Waals surface area contributed by atoms with Gasteiger partial charge in [-0.25, -0.2) is 0 Å². The highest BCUT2D eigenvalue weighted by atomic mass is 16.3. The van der Waals surface area contributed by atoms with Gasteiger partial charge < -0.3 is 15.5 Å². The van der Waals surface area contributed by atoms with Crippen LogP contribution in [0, 0.1) is 5.92 Å². The van der Waals surface area contributed by atoms with Crippen molar-refractivity contribution in [2.24, 2.45) is 11.7 Å². The van der Waals surface area contributed by atoms with Gasteiger partial charge >= 0.3 is 0 Å². The molecule has 1 heterocycles. The normalized spacial score (nSPS) is 25.3. The Hall–Kier alpha value is -1.29. The van der Waals surface area contributed by atoms with Crippen LogP contribution in [0.3, 0.4) is 0 Å². The number of carbonyl (C=O) groups is 1. The van der Waals surface area contributed by atoms with E-state index < -0.39 is 0 Å². The van der Waals surface area contributed by atoms with Gasteiger partial charge in [0.25, 0.3) is 5.91 Å². The number of rotatable bonds is 3. The first kappa shape index (κ1) is 11.2. The quantitative estimate of drug-likeness (QED) is 0.814. The highest BCUT2D eigenvalue weighted by molar-refractivity contribution is 5.91. The van der Waals surface area contributed by atoms with Gasteiger partial charge in [0.15, 0.2) is 5.76 Å². The Morgan fingerprint density at radius 3 is 3.00 bits per heavy atom. The fourth-order valence-corrected chi connectivity index (χ4v) is 2.33. The Labute approximate surface area is 95.2 Å². The van der Waals surface area contributed by atoms with Crippen LogP contribution in [0.1, 0.15) is 36.2 Å². The van der Waals surface area contributed by atoms with Gasteiger partial charge in [0.2, 0.25) is 0 Å². The van der Waals surface area contributed by atoms with E-state index in [1.54, 1.807) is 12.1 Å². The fourth-order valence-electron chi connectivity index (χ4n) is 2.33. The molecule has 0 radical (unpaired) electrons. The molecule has 1 aromatic rings. The first-order valence-electron chi connectivity index (χ1n) is 5.85. The standard InChI is InChI=1S/C12H18N2O2/c13-8-9-4-1-2-5-10(9)14-12(15)11-6-3-7-16-11/h3,6-7,9-10H,1-2,4-5,8,13H2,(H,14,15). The molecule has 4 heteroatoms. The molecular weight excluding hydrogens is 204 g/mol. The molecule has 0 aromatic carbocycles. The molecule has 2 atom stereocenters. The average molecular weight is 222 g/mol. The van der Waals surface area contributed by atoms with E-state index >= 15 is 0 Å². The summed E-state index contributed by atoms with van der Waals surface area (Å²) in [5.74, 6) is 0.657. The second-order valence-corrected chi connectivity index (χ2v) is 4.34. The van der Waals surface area contributed by atoms with Gasteiger partial charge in [-0.05, 0) is 37.4 Å². The second-order valence-electron chi connectivity index (χ2n) is 4.34. The van der Waals surface area contributed by atoms with E-state index in [0.717, 1.165) is 12.8 Å². The van der Waals surface area contributed by atoms with Crippen LogP contribution < -0.4 is 11.1 Å². The van der Waals surface area contributed by atoms with Crippen LogP contribution >= 0.6 is 0 Å². The van der Waals surface area contributed by atoms with Crippen molar-refractivity contribution in [1.82, 2.24) is 5.32 Å². The van der Waals surface area contributed by atoms with Crippen molar-refractivity contribution < 1.29 is 9.21 Å². The number of nitrogens with one attached hydrogen (secondary N) is 1. The molecule has 0 aliphatic heterocycles. The summed E-state index contributed by atoms with van der Waals surface area (Å²) in [5.41, 5.74) is 5.71. The zero-order chi connectivity index (χ0) is 11.4. The lowest BCUT2D eigenvalue weighted by Gasteiger charge is -2.30. The largest absolute Gasteiger partial charge is 0.459 e. The summed E-state index contributed by atoms with van der Waals surface area (Å²) in [6.45, 7) is 0.642. The maximum atomic E-state index is 11.8. The van der Waals surface area contributed by atoms with Crippen molar-refractivity contribution >= 4 is 5.91 Å². The molecule has 1 aliphatic rings. The lowest BCUT2D eigenvalue weighted by Crippen LogP contribution is -2.44. The number of hydrogen-bond acceptors (Lipinski definition) is 3. The first-order chi connectivity index (χ1) is 7.81. The Morgan fingerprint density at radius 1 is 1.50 bits per heavy atom. The second kappa shape index (κ2) is 5.16. The Morgan fingerprint density at radius 2 is 2.31 bits per heavy atom. The molecule has 3 N–H and O–H groups in total. The maximum Gasteiger partial charge on any atom is 0.287 e. The van der Waals surface area contributed by atoms with E-state index in [-0.39, 0.29) is 11.9 Å². The van der Waals surface area contributed by atoms with E-state index in [4.69, 9.17) is 10.2 Å². The number of furan rings is 1. The molecule has 2 unspecified atom stereocenters. The molecule has 0 saturated heterocycles. The molecule has 0 spiro atoms. The lowest BCUT2D eigenvalue weighted by atomic mass is 9.84. The molecule has 1 amide bonds. The predicted molar refractivity (Wildman–Crippen MR) is 61.0 cm³/mol. The molecule has 88 valence electrons. The van der Waals surface area contributed by atoms with Crippen molar-refractivity contribution in [3.8, 4) is 0 Å². The molecule has 1 fully saturated rings. The summed E-state index contributed by atoms with van der Waals surface area (Å²) in [6.07, 6.45) is 6.03. The summed E-state index contributed by atoms with van der Waals surface area (Å²) >= 11 is 0. The van der Waals surface area contributed by atoms with Crippen LogP contribution in [0.15, 0.2) is 22.8 Å². The molecule has 2 rings (SSSR count). The highest BCUT2D eigenvalue weighted by Crippen LogP contribution is 2.23. The van der Waals surface area contributed by atoms with Crippen molar-refractivity contribution in [2.75, 3.05) is 6.54 Å². The Kier molecular flexibility index (Phi) is 3.62. The SMILES string of the molecule is NCC1CCCCC1NC(=O)c1ccco1. The summed E-state index contributed by atoms with van der Waals surface area (Å²) < 4.78 is 5.06. The van der Waals surface area contributed by atoms with Crippen LogP contribution in [0.25, 0.3) is 0 Å². The number of nitrogens with two attached hydrogens (primary N) is 1. The summed E-state index contributed by atoms with van der Waals surface area (Å²) in [5, 5.41) is 3.01. The first-order valence-corrected chi connectivity index (χ1v) is 5.85. The van der Waals surface area contributed by atoms with Crippen molar-refractivity contribution in [2.45, 2.75) is 31.7 Å². The average Bonchev–Trinajstić information content (AvgIpc) is 2.83. The van der Waals surface area contributed by atoms with E-state index in [1.165, 1.54) is 19.1 Å². The molecule has 1 aromatic heterocycles. The van der Waals surface area contributed by atoms with Gasteiger partial charge in [0, 0.05) is 6.04 Å². The smallest absolute Gasteiger partial charge is 0.287 e. The highest BCUT2D eigenvalue weighted by Gasteiger charge is 2.26. The number of hydrogen-bond donors (Lipinski definition) is 2. The molecule has 16 heavy (non-hydrogen) atoms. The van der Waals surface area contributed by atoms with Crippen molar-refractivity contribution in [1.29, 1.82) is 0 Å². The van der Waals surface area contributed by atoms with Gasteiger partial charge in [-0.2, -0.15) is 0 Å². The Bertz CT molecular complexity index is 335. The number of amides is 1. The van der Waals surface area contributed by atoms with Crippen molar-refractivity contribution in [3.63, 3.8) is 0 Å². The summed E-state index contributed by atoms with van der Waals surface area (Å²) in [4.78, 5) is 11.8. The van der Waals surface area contributed by atoms with Gasteiger partial charge in [-0.1, -0.05) is 12.8 Å². The minimum Gasteiger partial charge on any atom is -0.459 e. The van der Waals surface area contributed by atoms with Crippen molar-refractivity contribution in [3.05, 3.63) is 24.2 Å². The predicted octanol–water partition coefficient (Wildman–Crippen LogP) is 1.53. The van der Waals surface area contributed by atoms with Crippen LogP contribution in [-0.2, 0) is 0 Å². The van der Waals surface area contributed by atoms with Crippen LogP contribution in [0.2, 0.25) is 0 Å². The summed E-state index contributed by atoms with van der Waals surface area (Å²) in [7, 11) is 0. The Balaban J connectivity index is 1.95. The monoisotopic (exact) mass is 222 g/mol. The zero-order valence-electron chi connectivity index (χ0n) is 9.32. The molecular formula is C12H18N2O2. The maximum absolute atomic E-state index is 11.8. The molecule has 4 nitrogen and oxygen atoms in total. The zero-order valence-corrected chi connectivity index (χ0v) is 9.32. The molecule has 1 saturated carbocycles. The third-order valence-corrected chi connectivity index (χ3v) is 3.27. The lowest BCUT2D eigenvalue weighted by molar-refractivity contribution is 0.0880. The van der Waals surface area contributed by atoms with Gasteiger partial charge in [-0.3, -0.25) is 4.79 Å². The van der Waals surface area contributed by atoms with Gasteiger partial charge in [-0.15, -0.1) is 0 Å². The summed E-state index contributed by atoms with van der Waals surface area (Å²) in [6, 6.07) is 3.60. The number of carbonyl (C=O) groups excluding carboxylic acids is 1. The van der Waals surface area contributed by atoms with E-state index in [0.29, 0.717) is 18.2 Å². The minimum atomic E-state index is -0.129. The van der Waals surface area contributed by atoms with E-state index in [9.17, 15) is 4.79 Å². The third-order valence-electron chi connectivity index (χ3n) is 3.27. The van der Waals surface area contributed by atoms with Gasteiger partial charge in [0.1, 0.15) is 0 Å². The fraction of sp³-hybridized carbons (Fsp3) is 0.583. The van der Waals surface area contributed by atoms with Crippen LogP contribution in [0.5, 0.6) is 0 Å². The van der Waals surface area contributed by atoms with Crippen LogP contribution in [0.4, 0.5) is 0 Å². The third kappa shape index (κ3) is 2.44. The topological polar surface area (TPSA) is 68.3 Å². The molecule has 0 bridgehead atoms.